The zero-order chi connectivity index (χ0) is 18.1. The van der Waals surface area contributed by atoms with E-state index < -0.39 is 0 Å². The second kappa shape index (κ2) is 6.59. The van der Waals surface area contributed by atoms with E-state index in [1.54, 1.807) is 18.3 Å². The van der Waals surface area contributed by atoms with Gasteiger partial charge in [0.15, 0.2) is 5.78 Å². The zero-order valence-corrected chi connectivity index (χ0v) is 14.5. The minimum atomic E-state index is -0.0186. The van der Waals surface area contributed by atoms with Crippen molar-refractivity contribution in [1.82, 2.24) is 15.3 Å². The van der Waals surface area contributed by atoms with Crippen LogP contribution >= 0.6 is 0 Å². The molecule has 2 aromatic heterocycles. The fourth-order valence-electron chi connectivity index (χ4n) is 2.84. The number of fused-ring (bicyclic) bond motifs is 1. The third-order valence-electron chi connectivity index (χ3n) is 4.45. The second-order valence-corrected chi connectivity index (χ2v) is 6.63. The van der Waals surface area contributed by atoms with Gasteiger partial charge in [0.2, 0.25) is 0 Å². The van der Waals surface area contributed by atoms with Crippen LogP contribution in [0.3, 0.4) is 0 Å². The molecule has 4 rings (SSSR count). The van der Waals surface area contributed by atoms with Gasteiger partial charge >= 0.3 is 0 Å². The lowest BCUT2D eigenvalue weighted by Gasteiger charge is -2.06. The first-order valence-electron chi connectivity index (χ1n) is 8.67. The number of carbonyl (C=O) groups is 2. The molecule has 1 aliphatic carbocycles. The summed E-state index contributed by atoms with van der Waals surface area (Å²) >= 11 is 0. The van der Waals surface area contributed by atoms with Crippen LogP contribution < -0.4 is 5.32 Å². The molecule has 5 nitrogen and oxygen atoms in total. The number of allylic oxidation sites excluding steroid dienone is 1. The van der Waals surface area contributed by atoms with Crippen molar-refractivity contribution in [3.8, 4) is 11.1 Å². The molecule has 1 saturated carbocycles. The molecule has 0 aliphatic heterocycles. The number of hydrogen-bond donors (Lipinski definition) is 2. The molecule has 3 aromatic rings. The maximum absolute atomic E-state index is 12.1. The molecular formula is C21H19N3O2. The number of nitrogens with one attached hydrogen (secondary N) is 2. The molecule has 5 heteroatoms. The lowest BCUT2D eigenvalue weighted by molar-refractivity contribution is -0.112. The van der Waals surface area contributed by atoms with E-state index in [-0.39, 0.29) is 11.7 Å². The van der Waals surface area contributed by atoms with E-state index in [1.807, 2.05) is 36.5 Å². The highest BCUT2D eigenvalue weighted by atomic mass is 16.1. The summed E-state index contributed by atoms with van der Waals surface area (Å²) in [5, 5.41) is 3.94. The van der Waals surface area contributed by atoms with Crippen LogP contribution in [0, 0.1) is 0 Å². The Bertz CT molecular complexity index is 1010. The van der Waals surface area contributed by atoms with Crippen molar-refractivity contribution < 1.29 is 9.59 Å². The number of ketones is 1. The Hall–Kier alpha value is -3.21. The molecule has 0 spiro atoms. The summed E-state index contributed by atoms with van der Waals surface area (Å²) in [6.45, 7) is 1.52. The van der Waals surface area contributed by atoms with E-state index in [0.29, 0.717) is 11.6 Å². The number of aromatic amines is 1. The van der Waals surface area contributed by atoms with Crippen LogP contribution in [0.25, 0.3) is 28.2 Å². The third-order valence-corrected chi connectivity index (χ3v) is 4.45. The summed E-state index contributed by atoms with van der Waals surface area (Å²) in [5.74, 6) is -0.0153. The normalized spacial score (nSPS) is 14.0. The first kappa shape index (κ1) is 16.3. The van der Waals surface area contributed by atoms with Gasteiger partial charge in [-0.2, -0.15) is 0 Å². The van der Waals surface area contributed by atoms with Gasteiger partial charge in [-0.1, -0.05) is 12.1 Å². The molecule has 1 fully saturated rings. The van der Waals surface area contributed by atoms with Gasteiger partial charge in [-0.25, -0.2) is 4.98 Å². The molecule has 0 atom stereocenters. The number of amides is 1. The predicted molar refractivity (Wildman–Crippen MR) is 102 cm³/mol. The van der Waals surface area contributed by atoms with E-state index in [0.717, 1.165) is 40.6 Å². The Kier molecular flexibility index (Phi) is 4.13. The van der Waals surface area contributed by atoms with Crippen molar-refractivity contribution in [2.45, 2.75) is 25.8 Å². The minimum Gasteiger partial charge on any atom is -0.349 e. The summed E-state index contributed by atoms with van der Waals surface area (Å²) in [4.78, 5) is 30.8. The molecule has 0 saturated heterocycles. The fraction of sp³-hybridized carbons (Fsp3) is 0.190. The Morgan fingerprint density at radius 1 is 1.19 bits per heavy atom. The lowest BCUT2D eigenvalue weighted by Crippen LogP contribution is -2.25. The Balaban J connectivity index is 1.62. The Morgan fingerprint density at radius 3 is 2.65 bits per heavy atom. The third kappa shape index (κ3) is 3.42. The van der Waals surface area contributed by atoms with E-state index in [1.165, 1.54) is 6.92 Å². The van der Waals surface area contributed by atoms with Gasteiger partial charge in [0.05, 0.1) is 0 Å². The lowest BCUT2D eigenvalue weighted by atomic mass is 10.0. The second-order valence-electron chi connectivity index (χ2n) is 6.63. The highest BCUT2D eigenvalue weighted by molar-refractivity contribution is 5.97. The van der Waals surface area contributed by atoms with Crippen LogP contribution in [0.4, 0.5) is 0 Å². The zero-order valence-electron chi connectivity index (χ0n) is 14.5. The summed E-state index contributed by atoms with van der Waals surface area (Å²) in [6, 6.07) is 9.93. The standard InChI is InChI=1S/C21H19N3O2/c1-13(25)2-3-16-11-22-20-19(16)10-17(12-23-20)14-4-6-15(7-5-14)21(26)24-18-8-9-18/h2-7,10-12,18H,8-9H2,1H3,(H,22,23)(H,24,26)/b3-2+. The van der Waals surface area contributed by atoms with Crippen molar-refractivity contribution >= 4 is 28.8 Å². The molecule has 130 valence electrons. The Labute approximate surface area is 151 Å². The van der Waals surface area contributed by atoms with E-state index in [9.17, 15) is 9.59 Å². The predicted octanol–water partition coefficient (Wildman–Crippen LogP) is 3.72. The molecule has 1 aromatic carbocycles. The van der Waals surface area contributed by atoms with Crippen molar-refractivity contribution in [3.63, 3.8) is 0 Å². The van der Waals surface area contributed by atoms with Gasteiger partial charge in [0.25, 0.3) is 5.91 Å². The van der Waals surface area contributed by atoms with Gasteiger partial charge < -0.3 is 10.3 Å². The van der Waals surface area contributed by atoms with Gasteiger partial charge in [0, 0.05) is 40.5 Å². The van der Waals surface area contributed by atoms with Gasteiger partial charge in [0.1, 0.15) is 5.65 Å². The smallest absolute Gasteiger partial charge is 0.251 e. The van der Waals surface area contributed by atoms with Crippen molar-refractivity contribution in [2.24, 2.45) is 0 Å². The van der Waals surface area contributed by atoms with Gasteiger partial charge in [-0.05, 0) is 55.7 Å². The number of benzene rings is 1. The topological polar surface area (TPSA) is 74.8 Å². The highest BCUT2D eigenvalue weighted by Gasteiger charge is 2.23. The maximum Gasteiger partial charge on any atom is 0.251 e. The van der Waals surface area contributed by atoms with Crippen LogP contribution in [0.1, 0.15) is 35.7 Å². The number of nitrogens with zero attached hydrogens (tertiary/aromatic N) is 1. The van der Waals surface area contributed by atoms with Crippen LogP contribution in [-0.2, 0) is 4.79 Å². The summed E-state index contributed by atoms with van der Waals surface area (Å²) in [5.41, 5.74) is 4.32. The number of rotatable bonds is 5. The van der Waals surface area contributed by atoms with Crippen LogP contribution in [-0.4, -0.2) is 27.7 Å². The first-order valence-corrected chi connectivity index (χ1v) is 8.67. The summed E-state index contributed by atoms with van der Waals surface area (Å²) in [6.07, 6.45) is 9.13. The number of H-pyrrole nitrogens is 1. The quantitative estimate of drug-likeness (QED) is 0.692. The van der Waals surface area contributed by atoms with Crippen molar-refractivity contribution in [3.05, 3.63) is 59.9 Å². The average molecular weight is 345 g/mol. The van der Waals surface area contributed by atoms with Crippen molar-refractivity contribution in [1.29, 1.82) is 0 Å². The molecule has 2 N–H and O–H groups in total. The fourth-order valence-corrected chi connectivity index (χ4v) is 2.84. The molecule has 0 radical (unpaired) electrons. The number of hydrogen-bond acceptors (Lipinski definition) is 3. The van der Waals surface area contributed by atoms with Crippen LogP contribution in [0.5, 0.6) is 0 Å². The molecular weight excluding hydrogens is 326 g/mol. The first-order chi connectivity index (χ1) is 12.6. The van der Waals surface area contributed by atoms with Gasteiger partial charge in [-0.15, -0.1) is 0 Å². The van der Waals surface area contributed by atoms with Crippen LogP contribution in [0.15, 0.2) is 48.8 Å². The molecule has 1 aliphatic rings. The van der Waals surface area contributed by atoms with Crippen LogP contribution in [0.2, 0.25) is 0 Å². The SMILES string of the molecule is CC(=O)/C=C/c1c[nH]c2ncc(-c3ccc(C(=O)NC4CC4)cc3)cc12. The monoisotopic (exact) mass is 345 g/mol. The maximum atomic E-state index is 12.1. The minimum absolute atomic E-state index is 0.00327. The number of aromatic nitrogens is 2. The van der Waals surface area contributed by atoms with E-state index >= 15 is 0 Å². The highest BCUT2D eigenvalue weighted by Crippen LogP contribution is 2.26. The summed E-state index contributed by atoms with van der Waals surface area (Å²) < 4.78 is 0. The largest absolute Gasteiger partial charge is 0.349 e. The van der Waals surface area contributed by atoms with Crippen molar-refractivity contribution in [2.75, 3.05) is 0 Å². The van der Waals surface area contributed by atoms with E-state index in [2.05, 4.69) is 15.3 Å². The molecule has 0 bridgehead atoms. The molecule has 2 heterocycles. The molecule has 0 unspecified atom stereocenters. The summed E-state index contributed by atoms with van der Waals surface area (Å²) in [7, 11) is 0. The Morgan fingerprint density at radius 2 is 1.96 bits per heavy atom. The average Bonchev–Trinajstić information content (AvgIpc) is 3.37. The number of pyridine rings is 1. The molecule has 1 amide bonds. The van der Waals surface area contributed by atoms with Gasteiger partial charge in [-0.3, -0.25) is 9.59 Å². The molecule has 26 heavy (non-hydrogen) atoms. The number of carbonyl (C=O) groups excluding carboxylic acids is 2. The van der Waals surface area contributed by atoms with E-state index in [4.69, 9.17) is 0 Å².